The number of furan rings is 1. The largest absolute Gasteiger partial charge is 0.459 e. The SMILES string of the molecule is Cc1ccc(CC(=O)N2CCCN(C(=O)c3ccco3)CC2)c(C)c1. The minimum Gasteiger partial charge on any atom is -0.459 e. The van der Waals surface area contributed by atoms with Crippen molar-refractivity contribution in [3.8, 4) is 0 Å². The smallest absolute Gasteiger partial charge is 0.289 e. The van der Waals surface area contributed by atoms with Gasteiger partial charge in [0, 0.05) is 26.2 Å². The first-order valence-electron chi connectivity index (χ1n) is 8.71. The Bertz CT molecular complexity index is 752. The molecule has 1 saturated heterocycles. The van der Waals surface area contributed by atoms with Crippen molar-refractivity contribution in [2.75, 3.05) is 26.2 Å². The molecule has 0 radical (unpaired) electrons. The maximum atomic E-state index is 12.7. The minimum absolute atomic E-state index is 0.103. The number of aryl methyl sites for hydroxylation is 2. The fraction of sp³-hybridized carbons (Fsp3) is 0.400. The summed E-state index contributed by atoms with van der Waals surface area (Å²) < 4.78 is 5.19. The standard InChI is InChI=1S/C20H24N2O3/c1-15-6-7-17(16(2)13-15)14-19(23)21-8-4-9-22(11-10-21)20(24)18-5-3-12-25-18/h3,5-7,12-13H,4,8-11,14H2,1-2H3. The zero-order chi connectivity index (χ0) is 17.8. The van der Waals surface area contributed by atoms with Crippen molar-refractivity contribution in [2.24, 2.45) is 0 Å². The Morgan fingerprint density at radius 1 is 1.04 bits per heavy atom. The van der Waals surface area contributed by atoms with Crippen LogP contribution in [0.4, 0.5) is 0 Å². The number of hydrogen-bond donors (Lipinski definition) is 0. The number of hydrogen-bond acceptors (Lipinski definition) is 3. The lowest BCUT2D eigenvalue weighted by Gasteiger charge is -2.22. The Morgan fingerprint density at radius 3 is 2.52 bits per heavy atom. The van der Waals surface area contributed by atoms with Crippen LogP contribution in [0, 0.1) is 13.8 Å². The lowest BCUT2D eigenvalue weighted by atomic mass is 10.0. The molecule has 0 N–H and O–H groups in total. The molecule has 1 aromatic heterocycles. The highest BCUT2D eigenvalue weighted by atomic mass is 16.3. The average molecular weight is 340 g/mol. The van der Waals surface area contributed by atoms with Crippen molar-refractivity contribution in [3.05, 3.63) is 59.0 Å². The molecule has 0 unspecified atom stereocenters. The number of benzene rings is 1. The summed E-state index contributed by atoms with van der Waals surface area (Å²) in [5.74, 6) is 0.378. The molecule has 0 saturated carbocycles. The molecule has 2 heterocycles. The summed E-state index contributed by atoms with van der Waals surface area (Å²) in [6.45, 7) is 6.53. The minimum atomic E-state index is -0.103. The summed E-state index contributed by atoms with van der Waals surface area (Å²) in [7, 11) is 0. The van der Waals surface area contributed by atoms with Gasteiger partial charge >= 0.3 is 0 Å². The van der Waals surface area contributed by atoms with Crippen molar-refractivity contribution < 1.29 is 14.0 Å². The maximum Gasteiger partial charge on any atom is 0.289 e. The molecular formula is C20H24N2O3. The lowest BCUT2D eigenvalue weighted by Crippen LogP contribution is -2.38. The fourth-order valence-corrected chi connectivity index (χ4v) is 3.24. The van der Waals surface area contributed by atoms with Crippen LogP contribution in [0.5, 0.6) is 0 Å². The summed E-state index contributed by atoms with van der Waals surface area (Å²) >= 11 is 0. The molecular weight excluding hydrogens is 316 g/mol. The van der Waals surface area contributed by atoms with Gasteiger partial charge in [-0.15, -0.1) is 0 Å². The average Bonchev–Trinajstić information content (AvgIpc) is 3.01. The number of rotatable bonds is 3. The van der Waals surface area contributed by atoms with Gasteiger partial charge in [-0.2, -0.15) is 0 Å². The molecule has 25 heavy (non-hydrogen) atoms. The fourth-order valence-electron chi connectivity index (χ4n) is 3.24. The van der Waals surface area contributed by atoms with E-state index in [9.17, 15) is 9.59 Å². The van der Waals surface area contributed by atoms with Crippen LogP contribution in [0.2, 0.25) is 0 Å². The molecule has 2 amide bonds. The zero-order valence-electron chi connectivity index (χ0n) is 14.8. The predicted molar refractivity (Wildman–Crippen MR) is 95.4 cm³/mol. The van der Waals surface area contributed by atoms with Crippen LogP contribution in [-0.4, -0.2) is 47.8 Å². The van der Waals surface area contributed by atoms with Crippen molar-refractivity contribution in [3.63, 3.8) is 0 Å². The van der Waals surface area contributed by atoms with E-state index in [2.05, 4.69) is 13.0 Å². The van der Waals surface area contributed by atoms with Crippen LogP contribution in [-0.2, 0) is 11.2 Å². The third-order valence-electron chi connectivity index (χ3n) is 4.71. The van der Waals surface area contributed by atoms with Crippen molar-refractivity contribution in [2.45, 2.75) is 26.7 Å². The van der Waals surface area contributed by atoms with E-state index in [4.69, 9.17) is 4.42 Å². The Hall–Kier alpha value is -2.56. The van der Waals surface area contributed by atoms with Crippen molar-refractivity contribution >= 4 is 11.8 Å². The van der Waals surface area contributed by atoms with Gasteiger partial charge in [0.25, 0.3) is 5.91 Å². The third-order valence-corrected chi connectivity index (χ3v) is 4.71. The highest BCUT2D eigenvalue weighted by Gasteiger charge is 2.24. The molecule has 3 rings (SSSR count). The molecule has 0 bridgehead atoms. The third kappa shape index (κ3) is 4.10. The molecule has 2 aromatic rings. The van der Waals surface area contributed by atoms with Crippen LogP contribution in [0.15, 0.2) is 41.0 Å². The molecule has 0 spiro atoms. The zero-order valence-corrected chi connectivity index (χ0v) is 14.8. The van der Waals surface area contributed by atoms with Gasteiger partial charge in [-0.05, 0) is 43.5 Å². The normalized spacial score (nSPS) is 15.1. The molecule has 1 aliphatic heterocycles. The van der Waals surface area contributed by atoms with Gasteiger partial charge in [-0.25, -0.2) is 0 Å². The van der Waals surface area contributed by atoms with E-state index in [0.29, 0.717) is 38.4 Å². The number of carbonyl (C=O) groups is 2. The Kier molecular flexibility index (Phi) is 5.22. The van der Waals surface area contributed by atoms with E-state index in [1.165, 1.54) is 11.8 Å². The molecule has 0 atom stereocenters. The first kappa shape index (κ1) is 17.3. The molecule has 0 aliphatic carbocycles. The van der Waals surface area contributed by atoms with Gasteiger partial charge in [0.1, 0.15) is 0 Å². The number of amides is 2. The monoisotopic (exact) mass is 340 g/mol. The van der Waals surface area contributed by atoms with Gasteiger partial charge in [0.2, 0.25) is 5.91 Å². The van der Waals surface area contributed by atoms with Gasteiger partial charge in [0.15, 0.2) is 5.76 Å². The van der Waals surface area contributed by atoms with Crippen LogP contribution < -0.4 is 0 Å². The predicted octanol–water partition coefficient (Wildman–Crippen LogP) is 2.81. The lowest BCUT2D eigenvalue weighted by molar-refractivity contribution is -0.130. The molecule has 1 aliphatic rings. The number of nitrogens with zero attached hydrogens (tertiary/aromatic N) is 2. The highest BCUT2D eigenvalue weighted by Crippen LogP contribution is 2.14. The summed E-state index contributed by atoms with van der Waals surface area (Å²) in [5, 5.41) is 0. The summed E-state index contributed by atoms with van der Waals surface area (Å²) in [6.07, 6.45) is 2.70. The van der Waals surface area contributed by atoms with Gasteiger partial charge in [-0.3, -0.25) is 9.59 Å². The Morgan fingerprint density at radius 2 is 1.80 bits per heavy atom. The van der Waals surface area contributed by atoms with Gasteiger partial charge < -0.3 is 14.2 Å². The van der Waals surface area contributed by atoms with E-state index < -0.39 is 0 Å². The molecule has 132 valence electrons. The molecule has 1 aromatic carbocycles. The Labute approximate surface area is 148 Å². The van der Waals surface area contributed by atoms with E-state index >= 15 is 0 Å². The summed E-state index contributed by atoms with van der Waals surface area (Å²) in [4.78, 5) is 28.7. The van der Waals surface area contributed by atoms with E-state index in [1.54, 1.807) is 17.0 Å². The van der Waals surface area contributed by atoms with E-state index in [0.717, 1.165) is 17.5 Å². The van der Waals surface area contributed by atoms with Crippen LogP contribution in [0.3, 0.4) is 0 Å². The number of carbonyl (C=O) groups excluding carboxylic acids is 2. The quantitative estimate of drug-likeness (QED) is 0.863. The van der Waals surface area contributed by atoms with Crippen LogP contribution >= 0.6 is 0 Å². The van der Waals surface area contributed by atoms with Gasteiger partial charge in [-0.1, -0.05) is 23.8 Å². The van der Waals surface area contributed by atoms with Crippen LogP contribution in [0.25, 0.3) is 0 Å². The first-order valence-corrected chi connectivity index (χ1v) is 8.71. The van der Waals surface area contributed by atoms with Crippen molar-refractivity contribution in [1.29, 1.82) is 0 Å². The first-order chi connectivity index (χ1) is 12.0. The van der Waals surface area contributed by atoms with Crippen molar-refractivity contribution in [1.82, 2.24) is 9.80 Å². The summed E-state index contributed by atoms with van der Waals surface area (Å²) in [5.41, 5.74) is 3.43. The highest BCUT2D eigenvalue weighted by molar-refractivity contribution is 5.91. The Balaban J connectivity index is 1.60. The van der Waals surface area contributed by atoms with E-state index in [1.807, 2.05) is 24.0 Å². The topological polar surface area (TPSA) is 53.8 Å². The summed E-state index contributed by atoms with van der Waals surface area (Å²) in [6, 6.07) is 9.57. The van der Waals surface area contributed by atoms with Gasteiger partial charge in [0.05, 0.1) is 12.7 Å². The molecule has 5 heteroatoms. The maximum absolute atomic E-state index is 12.7. The molecule has 1 fully saturated rings. The molecule has 5 nitrogen and oxygen atoms in total. The second-order valence-corrected chi connectivity index (χ2v) is 6.61. The second-order valence-electron chi connectivity index (χ2n) is 6.61. The van der Waals surface area contributed by atoms with Crippen LogP contribution in [0.1, 0.15) is 33.7 Å². The van der Waals surface area contributed by atoms with E-state index in [-0.39, 0.29) is 11.8 Å². The second kappa shape index (κ2) is 7.55.